The molecule has 1 N–H and O–H groups in total. The van der Waals surface area contributed by atoms with Crippen LogP contribution in [0.3, 0.4) is 0 Å². The third kappa shape index (κ3) is 2.02. The van der Waals surface area contributed by atoms with E-state index in [0.29, 0.717) is 0 Å². The number of carboxylic acids is 1. The zero-order chi connectivity index (χ0) is 10.8. The monoisotopic (exact) mass is 210 g/mol. The van der Waals surface area contributed by atoms with E-state index in [0.717, 1.165) is 31.6 Å². The van der Waals surface area contributed by atoms with Crippen molar-refractivity contribution in [1.82, 2.24) is 9.78 Å². The summed E-state index contributed by atoms with van der Waals surface area (Å²) in [6.07, 6.45) is 3.15. The van der Waals surface area contributed by atoms with Crippen LogP contribution in [0.25, 0.3) is 0 Å². The minimum absolute atomic E-state index is 0.00403. The lowest BCUT2D eigenvalue weighted by Gasteiger charge is -2.22. The zero-order valence-corrected chi connectivity index (χ0v) is 8.64. The Balaban J connectivity index is 2.22. The van der Waals surface area contributed by atoms with Gasteiger partial charge in [-0.25, -0.2) is 4.79 Å². The molecule has 15 heavy (non-hydrogen) atoms. The Morgan fingerprint density at radius 2 is 2.47 bits per heavy atom. The molecule has 0 spiro atoms. The topological polar surface area (TPSA) is 64.4 Å². The van der Waals surface area contributed by atoms with Crippen LogP contribution >= 0.6 is 0 Å². The number of aryl methyl sites for hydroxylation is 1. The van der Waals surface area contributed by atoms with Crippen molar-refractivity contribution >= 4 is 5.97 Å². The van der Waals surface area contributed by atoms with Gasteiger partial charge in [0.2, 0.25) is 0 Å². The van der Waals surface area contributed by atoms with Crippen LogP contribution in [0, 0.1) is 0 Å². The van der Waals surface area contributed by atoms with E-state index in [1.54, 1.807) is 17.8 Å². The minimum Gasteiger partial charge on any atom is -0.476 e. The van der Waals surface area contributed by atoms with Crippen LogP contribution in [0.4, 0.5) is 0 Å². The Hall–Kier alpha value is -1.36. The number of hydrogen-bond donors (Lipinski definition) is 1. The number of aromatic carboxylic acids is 1. The molecule has 5 nitrogen and oxygen atoms in total. The van der Waals surface area contributed by atoms with Crippen molar-refractivity contribution in [3.63, 3.8) is 0 Å². The van der Waals surface area contributed by atoms with E-state index in [9.17, 15) is 4.79 Å². The molecule has 1 saturated heterocycles. The molecule has 1 unspecified atom stereocenters. The largest absolute Gasteiger partial charge is 0.476 e. The van der Waals surface area contributed by atoms with Crippen molar-refractivity contribution in [3.05, 3.63) is 17.5 Å². The first kappa shape index (κ1) is 10.2. The van der Waals surface area contributed by atoms with E-state index in [1.807, 2.05) is 0 Å². The molecule has 1 aliphatic heterocycles. The molecule has 1 aliphatic rings. The highest BCUT2D eigenvalue weighted by Gasteiger charge is 2.21. The molecule has 0 radical (unpaired) electrons. The molecule has 0 saturated carbocycles. The number of rotatable bonds is 2. The molecule has 2 heterocycles. The van der Waals surface area contributed by atoms with Crippen LogP contribution in [0.5, 0.6) is 0 Å². The molecule has 1 aromatic rings. The molecule has 0 aliphatic carbocycles. The van der Waals surface area contributed by atoms with E-state index in [1.165, 1.54) is 0 Å². The van der Waals surface area contributed by atoms with Crippen LogP contribution < -0.4 is 0 Å². The minimum atomic E-state index is -0.993. The van der Waals surface area contributed by atoms with Gasteiger partial charge in [-0.3, -0.25) is 4.68 Å². The number of nitrogens with zero attached hydrogens (tertiary/aromatic N) is 2. The van der Waals surface area contributed by atoms with E-state index in [2.05, 4.69) is 5.10 Å². The molecular weight excluding hydrogens is 196 g/mol. The first-order chi connectivity index (χ1) is 7.18. The van der Waals surface area contributed by atoms with Gasteiger partial charge in [-0.1, -0.05) is 0 Å². The standard InChI is InChI=1S/C10H14N2O3/c1-12-8(6-7(11-12)10(13)14)9-4-2-3-5-15-9/h6,9H,2-5H2,1H3,(H,13,14). The Kier molecular flexibility index (Phi) is 2.73. The lowest BCUT2D eigenvalue weighted by Crippen LogP contribution is -2.14. The quantitative estimate of drug-likeness (QED) is 0.800. The highest BCUT2D eigenvalue weighted by atomic mass is 16.5. The maximum atomic E-state index is 10.7. The molecule has 0 aromatic carbocycles. The van der Waals surface area contributed by atoms with Gasteiger partial charge in [0.05, 0.1) is 11.8 Å². The van der Waals surface area contributed by atoms with Crippen LogP contribution in [-0.2, 0) is 11.8 Å². The molecule has 1 fully saturated rings. The van der Waals surface area contributed by atoms with Crippen LogP contribution in [0.2, 0.25) is 0 Å². The van der Waals surface area contributed by atoms with E-state index < -0.39 is 5.97 Å². The summed E-state index contributed by atoms with van der Waals surface area (Å²) < 4.78 is 7.18. The molecule has 82 valence electrons. The Morgan fingerprint density at radius 3 is 3.00 bits per heavy atom. The number of ether oxygens (including phenoxy) is 1. The molecule has 2 rings (SSSR count). The summed E-state index contributed by atoms with van der Waals surface area (Å²) in [7, 11) is 1.75. The van der Waals surface area contributed by atoms with Gasteiger partial charge in [0.1, 0.15) is 0 Å². The summed E-state index contributed by atoms with van der Waals surface area (Å²) in [5.74, 6) is -0.993. The van der Waals surface area contributed by atoms with Gasteiger partial charge in [-0.2, -0.15) is 5.10 Å². The number of aromatic nitrogens is 2. The van der Waals surface area contributed by atoms with Crippen LogP contribution in [0.15, 0.2) is 6.07 Å². The van der Waals surface area contributed by atoms with Gasteiger partial charge in [-0.05, 0) is 25.3 Å². The molecule has 5 heteroatoms. The fraction of sp³-hybridized carbons (Fsp3) is 0.600. The molecule has 1 atom stereocenters. The maximum Gasteiger partial charge on any atom is 0.356 e. The highest BCUT2D eigenvalue weighted by molar-refractivity contribution is 5.85. The Bertz CT molecular complexity index is 367. The molecule has 0 amide bonds. The second kappa shape index (κ2) is 4.02. The van der Waals surface area contributed by atoms with Crippen molar-refractivity contribution in [2.75, 3.05) is 6.61 Å². The maximum absolute atomic E-state index is 10.7. The lowest BCUT2D eigenvalue weighted by atomic mass is 10.1. The summed E-state index contributed by atoms with van der Waals surface area (Å²) in [5, 5.41) is 12.7. The van der Waals surface area contributed by atoms with Gasteiger partial charge >= 0.3 is 5.97 Å². The van der Waals surface area contributed by atoms with Crippen molar-refractivity contribution in [1.29, 1.82) is 0 Å². The zero-order valence-electron chi connectivity index (χ0n) is 8.64. The predicted molar refractivity (Wildman–Crippen MR) is 52.7 cm³/mol. The summed E-state index contributed by atoms with van der Waals surface area (Å²) in [4.78, 5) is 10.7. The van der Waals surface area contributed by atoms with Crippen molar-refractivity contribution in [2.24, 2.45) is 7.05 Å². The summed E-state index contributed by atoms with van der Waals surface area (Å²) in [6.45, 7) is 0.748. The van der Waals surface area contributed by atoms with Crippen molar-refractivity contribution in [3.8, 4) is 0 Å². The van der Waals surface area contributed by atoms with Gasteiger partial charge in [0, 0.05) is 13.7 Å². The van der Waals surface area contributed by atoms with Gasteiger partial charge in [0.25, 0.3) is 0 Å². The fourth-order valence-corrected chi connectivity index (χ4v) is 1.86. The van der Waals surface area contributed by atoms with Gasteiger partial charge in [0.15, 0.2) is 5.69 Å². The number of carbonyl (C=O) groups is 1. The molecule has 1 aromatic heterocycles. The van der Waals surface area contributed by atoms with Gasteiger partial charge < -0.3 is 9.84 Å². The summed E-state index contributed by atoms with van der Waals surface area (Å²) >= 11 is 0. The third-order valence-electron chi connectivity index (χ3n) is 2.64. The fourth-order valence-electron chi connectivity index (χ4n) is 1.86. The number of carboxylic acid groups (broad SMARTS) is 1. The lowest BCUT2D eigenvalue weighted by molar-refractivity contribution is 0.0101. The van der Waals surface area contributed by atoms with Gasteiger partial charge in [-0.15, -0.1) is 0 Å². The van der Waals surface area contributed by atoms with E-state index >= 15 is 0 Å². The summed E-state index contributed by atoms with van der Waals surface area (Å²) in [6, 6.07) is 1.60. The normalized spacial score (nSPS) is 21.5. The second-order valence-corrected chi connectivity index (χ2v) is 3.74. The van der Waals surface area contributed by atoms with E-state index in [4.69, 9.17) is 9.84 Å². The average molecular weight is 210 g/mol. The van der Waals surface area contributed by atoms with Crippen LogP contribution in [0.1, 0.15) is 41.5 Å². The first-order valence-electron chi connectivity index (χ1n) is 5.07. The third-order valence-corrected chi connectivity index (χ3v) is 2.64. The Labute approximate surface area is 87.7 Å². The summed E-state index contributed by atoms with van der Waals surface area (Å²) in [5.41, 5.74) is 0.939. The highest BCUT2D eigenvalue weighted by Crippen LogP contribution is 2.27. The smallest absolute Gasteiger partial charge is 0.356 e. The van der Waals surface area contributed by atoms with Crippen LogP contribution in [-0.4, -0.2) is 27.5 Å². The second-order valence-electron chi connectivity index (χ2n) is 3.74. The SMILES string of the molecule is Cn1nc(C(=O)O)cc1C1CCCCO1. The average Bonchev–Trinajstić information content (AvgIpc) is 2.62. The molecule has 0 bridgehead atoms. The van der Waals surface area contributed by atoms with E-state index in [-0.39, 0.29) is 11.8 Å². The first-order valence-corrected chi connectivity index (χ1v) is 5.07. The van der Waals surface area contributed by atoms with Crippen molar-refractivity contribution < 1.29 is 14.6 Å². The van der Waals surface area contributed by atoms with Crippen molar-refractivity contribution in [2.45, 2.75) is 25.4 Å². The molecular formula is C10H14N2O3. The predicted octanol–water partition coefficient (Wildman–Crippen LogP) is 1.36. The Morgan fingerprint density at radius 1 is 1.67 bits per heavy atom. The number of hydrogen-bond acceptors (Lipinski definition) is 3.